The van der Waals surface area contributed by atoms with Gasteiger partial charge < -0.3 is 41.2 Å². The van der Waals surface area contributed by atoms with Crippen LogP contribution in [0, 0.1) is 35.4 Å². The fraction of sp³-hybridized carbons (Fsp3) is 0.432. The zero-order valence-corrected chi connectivity index (χ0v) is 35.8. The van der Waals surface area contributed by atoms with Gasteiger partial charge in [-0.25, -0.2) is 9.59 Å². The monoisotopic (exact) mass is 868 g/mol. The molecular weight excluding hydrogens is 818 g/mol. The molecule has 0 aromatic heterocycles. The van der Waals surface area contributed by atoms with Crippen molar-refractivity contribution in [2.75, 3.05) is 32.7 Å². The number of nitrogens with one attached hydrogen (secondary N) is 6. The van der Waals surface area contributed by atoms with E-state index < -0.39 is 75.4 Å². The van der Waals surface area contributed by atoms with Gasteiger partial charge in [0.15, 0.2) is 0 Å². The summed E-state index contributed by atoms with van der Waals surface area (Å²) in [7, 11) is 0. The Bertz CT molecular complexity index is 1860. The second-order valence-corrected chi connectivity index (χ2v) is 13.7. The van der Waals surface area contributed by atoms with E-state index in [-0.39, 0.29) is 68.8 Å². The Morgan fingerprint density at radius 2 is 1.13 bits per heavy atom. The first-order valence-electron chi connectivity index (χ1n) is 17.9. The Kier molecular flexibility index (Phi) is 26.2. The van der Waals surface area contributed by atoms with Crippen LogP contribution in [0.4, 0.5) is 11.4 Å². The third-order valence-corrected chi connectivity index (χ3v) is 7.96. The van der Waals surface area contributed by atoms with E-state index in [2.05, 4.69) is 33.2 Å². The number of hydrogen-bond acceptors (Lipinski definition) is 15. The van der Waals surface area contributed by atoms with Gasteiger partial charge in [-0.1, -0.05) is 34.3 Å². The van der Waals surface area contributed by atoms with Crippen molar-refractivity contribution < 1.29 is 58.0 Å². The summed E-state index contributed by atoms with van der Waals surface area (Å²) in [5.41, 5.74) is -1.88. The van der Waals surface area contributed by atoms with Gasteiger partial charge in [-0.2, -0.15) is 0 Å². The van der Waals surface area contributed by atoms with Crippen molar-refractivity contribution in [3.63, 3.8) is 0 Å². The second kappa shape index (κ2) is 28.2. The number of ether oxygens (including phenoxy) is 2. The Balaban J connectivity index is 0. The number of amides is 5. The standard InChI is InChI=1S/C23H34N4O8.C14H15N3O6.Al.B.HN/c1-6-23(5,21(32)25-11-15(2)28)14-22(3,4)20(31)26-12-18(29)24-13-19(30)35-17-9-7-16(8-10-17)27(33)34;1-9(2)14(20)16-7-12(18)15-8-13(19)23-11-5-3-10(4-6-11)17(21)22;;;/h7-10,15,28H,6,11-14H2,1-5H3,(H,24,29)(H,25,32)(H,26,31);3-6H,1,7-8H2,2H3,(H,15,18)(H,16,20);;;1H. The van der Waals surface area contributed by atoms with Gasteiger partial charge >= 0.3 is 32.4 Å². The number of benzene rings is 2. The summed E-state index contributed by atoms with van der Waals surface area (Å²) in [6.07, 6.45) is -0.0227. The normalized spacial score (nSPS) is 11.5. The molecule has 0 aliphatic carbocycles. The second-order valence-electron chi connectivity index (χ2n) is 13.7. The average Bonchev–Trinajstić information content (AvgIpc) is 3.20. The van der Waals surface area contributed by atoms with E-state index in [1.807, 2.05) is 6.92 Å². The number of aliphatic hydroxyl groups excluding tert-OH is 1. The van der Waals surface area contributed by atoms with Gasteiger partial charge in [0.05, 0.1) is 29.0 Å². The molecule has 2 aromatic rings. The third-order valence-electron chi connectivity index (χ3n) is 7.96. The van der Waals surface area contributed by atoms with E-state index in [9.17, 15) is 58.9 Å². The first-order valence-corrected chi connectivity index (χ1v) is 18.5. The van der Waals surface area contributed by atoms with Crippen LogP contribution in [0.2, 0.25) is 0 Å². The van der Waals surface area contributed by atoms with Gasteiger partial charge in [0.2, 0.25) is 29.5 Å². The molecule has 0 fully saturated rings. The van der Waals surface area contributed by atoms with Crippen LogP contribution in [0.1, 0.15) is 54.4 Å². The molecule has 2 aromatic carbocycles. The van der Waals surface area contributed by atoms with Crippen LogP contribution in [0.3, 0.4) is 0 Å². The van der Waals surface area contributed by atoms with Crippen molar-refractivity contribution in [3.8, 4) is 11.5 Å². The molecule has 0 saturated carbocycles. The first kappa shape index (κ1) is 56.7. The summed E-state index contributed by atoms with van der Waals surface area (Å²) in [6, 6.07) is 9.79. The van der Waals surface area contributed by atoms with Gasteiger partial charge in [0.1, 0.15) is 24.6 Å². The van der Waals surface area contributed by atoms with Crippen LogP contribution in [-0.2, 0) is 33.6 Å². The fourth-order valence-corrected chi connectivity index (χ4v) is 4.66. The zero-order chi connectivity index (χ0) is 46.2. The summed E-state index contributed by atoms with van der Waals surface area (Å²) in [4.78, 5) is 103. The van der Waals surface area contributed by atoms with Gasteiger partial charge in [-0.3, -0.25) is 44.2 Å². The molecule has 61 heavy (non-hydrogen) atoms. The number of non-ortho nitro benzene ring substituents is 2. The predicted molar refractivity (Wildman–Crippen MR) is 220 cm³/mol. The maximum absolute atomic E-state index is 12.7. The van der Waals surface area contributed by atoms with Crippen molar-refractivity contribution in [1.82, 2.24) is 26.6 Å². The van der Waals surface area contributed by atoms with E-state index in [4.69, 9.17) is 13.8 Å². The van der Waals surface area contributed by atoms with Crippen molar-refractivity contribution in [2.45, 2.75) is 60.5 Å². The Morgan fingerprint density at radius 3 is 1.48 bits per heavy atom. The molecule has 0 spiro atoms. The van der Waals surface area contributed by atoms with Gasteiger partial charge in [0, 0.05) is 55.6 Å². The molecule has 2 atom stereocenters. The van der Waals surface area contributed by atoms with Crippen LogP contribution in [0.5, 0.6) is 11.5 Å². The molecule has 5 amide bonds. The zero-order valence-electron chi connectivity index (χ0n) is 34.7. The Labute approximate surface area is 361 Å². The van der Waals surface area contributed by atoms with Crippen LogP contribution < -0.4 is 36.1 Å². The number of nitro groups is 2. The molecule has 0 saturated heterocycles. The Morgan fingerprint density at radius 1 is 0.738 bits per heavy atom. The first-order chi connectivity index (χ1) is 28.0. The number of hydrogen-bond donors (Lipinski definition) is 7. The number of esters is 2. The number of aliphatic hydroxyl groups is 1. The summed E-state index contributed by atoms with van der Waals surface area (Å²) in [6.45, 7) is 11.9. The Hall–Kier alpha value is -6.37. The molecule has 7 N–H and O–H groups in total. The summed E-state index contributed by atoms with van der Waals surface area (Å²) >= 11 is 1.67. The van der Waals surface area contributed by atoms with Gasteiger partial charge in [-0.15, -0.1) is 0 Å². The number of nitrogens with zero attached hydrogens (tertiary/aromatic N) is 2. The van der Waals surface area contributed by atoms with Crippen molar-refractivity contribution in [3.05, 3.63) is 80.9 Å². The van der Waals surface area contributed by atoms with E-state index in [0.29, 0.717) is 6.42 Å². The van der Waals surface area contributed by atoms with Crippen LogP contribution in [-0.4, -0.2) is 120 Å². The van der Waals surface area contributed by atoms with Crippen LogP contribution in [0.15, 0.2) is 60.7 Å². The number of carbonyl (C=O) groups is 7. The van der Waals surface area contributed by atoms with E-state index in [0.717, 1.165) is 0 Å². The van der Waals surface area contributed by atoms with E-state index in [1.54, 1.807) is 43.8 Å². The quantitative estimate of drug-likeness (QED) is 0.0243. The molecule has 328 valence electrons. The molecule has 0 aliphatic rings. The maximum atomic E-state index is 12.7. The van der Waals surface area contributed by atoms with Gasteiger partial charge in [-0.05, 0) is 51.0 Å². The number of nitro benzene ring substituents is 2. The van der Waals surface area contributed by atoms with Crippen molar-refractivity contribution >= 4 is 77.4 Å². The van der Waals surface area contributed by atoms with Crippen LogP contribution in [0.25, 0.3) is 0 Å². The SMILES string of the molecule is C=C(C)C(=O)NCC(=O)NCC(=O)Oc1ccc([N+](=O)[O-])cc1.CCC(C)(CC(C)(C)C(=O)NCC(=O)NCC(=O)Oc1ccc([N+](=O)[O-])cc1)C(=O)NCC(C)O.[B].[NH]=[Al]. The molecule has 24 heteroatoms. The molecular formula is C37H50AlBN8O14. The summed E-state index contributed by atoms with van der Waals surface area (Å²) < 4.78 is 15.5. The molecule has 2 rings (SSSR count). The molecule has 22 nitrogen and oxygen atoms in total. The third kappa shape index (κ3) is 22.5. The molecule has 2 unspecified atom stereocenters. The summed E-state index contributed by atoms with van der Waals surface area (Å²) in [5, 5.41) is 42.6. The summed E-state index contributed by atoms with van der Waals surface area (Å²) in [5.74, 6) is -3.71. The van der Waals surface area contributed by atoms with Crippen molar-refractivity contribution in [2.24, 2.45) is 10.8 Å². The molecule has 0 bridgehead atoms. The topological polar surface area (TPSA) is 328 Å². The fourth-order valence-electron chi connectivity index (χ4n) is 4.66. The predicted octanol–water partition coefficient (Wildman–Crippen LogP) is 0.907. The molecule has 0 heterocycles. The van der Waals surface area contributed by atoms with E-state index in [1.165, 1.54) is 55.5 Å². The minimum absolute atomic E-state index is 0. The number of rotatable bonds is 20. The number of carbonyl (C=O) groups excluding carboxylic acids is 7. The van der Waals surface area contributed by atoms with Crippen LogP contribution >= 0.6 is 0 Å². The van der Waals surface area contributed by atoms with Crippen molar-refractivity contribution in [1.29, 1.82) is 4.35 Å². The molecule has 0 aliphatic heterocycles. The average molecular weight is 869 g/mol. The van der Waals surface area contributed by atoms with E-state index >= 15 is 0 Å². The minimum atomic E-state index is -0.984. The van der Waals surface area contributed by atoms with Gasteiger partial charge in [0.25, 0.3) is 11.4 Å². The molecule has 4 radical (unpaired) electrons.